The number of amides is 1. The molecule has 2 aromatic carbocycles. The van der Waals surface area contributed by atoms with E-state index in [9.17, 15) is 4.79 Å². The van der Waals surface area contributed by atoms with Crippen LogP contribution in [0.25, 0.3) is 11.8 Å². The minimum atomic E-state index is -0.207. The summed E-state index contributed by atoms with van der Waals surface area (Å²) in [6.07, 6.45) is 6.75. The molecular weight excluding hydrogens is 378 g/mol. The average molecular weight is 398 g/mol. The Morgan fingerprint density at radius 1 is 1.14 bits per heavy atom. The zero-order valence-corrected chi connectivity index (χ0v) is 16.3. The number of hydrogen-bond acceptors (Lipinski definition) is 4. The van der Waals surface area contributed by atoms with Crippen molar-refractivity contribution in [3.05, 3.63) is 77.1 Å². The molecule has 1 heterocycles. The lowest BCUT2D eigenvalue weighted by Crippen LogP contribution is -2.19. The highest BCUT2D eigenvalue weighted by Gasteiger charge is 2.04. The van der Waals surface area contributed by atoms with Gasteiger partial charge in [0.2, 0.25) is 5.91 Å². The van der Waals surface area contributed by atoms with Crippen LogP contribution < -0.4 is 14.8 Å². The van der Waals surface area contributed by atoms with Crippen LogP contribution in [0.1, 0.15) is 11.1 Å². The molecule has 0 saturated heterocycles. The lowest BCUT2D eigenvalue weighted by atomic mass is 10.2. The number of nitrogens with one attached hydrogen (secondary N) is 1. The number of rotatable bonds is 7. The Kier molecular flexibility index (Phi) is 6.34. The summed E-state index contributed by atoms with van der Waals surface area (Å²) in [6.45, 7) is 0.373. The molecule has 3 aromatic rings. The van der Waals surface area contributed by atoms with Crippen molar-refractivity contribution < 1.29 is 14.3 Å². The quantitative estimate of drug-likeness (QED) is 0.614. The zero-order chi connectivity index (χ0) is 19.9. The Morgan fingerprint density at radius 3 is 2.46 bits per heavy atom. The number of aromatic nitrogens is 2. The van der Waals surface area contributed by atoms with E-state index in [1.165, 1.54) is 6.08 Å². The SMILES string of the molecule is COc1cc(/C=C/C(=O)NCc2cnn(-c3ccc(Cl)cc3)c2)cc(OC)c1. The summed E-state index contributed by atoms with van der Waals surface area (Å²) in [5.41, 5.74) is 2.59. The number of halogens is 1. The largest absolute Gasteiger partial charge is 0.497 e. The Labute approximate surface area is 168 Å². The molecule has 0 spiro atoms. The molecule has 0 fully saturated rings. The number of carbonyl (C=O) groups excluding carboxylic acids is 1. The third-order valence-corrected chi connectivity index (χ3v) is 4.25. The summed E-state index contributed by atoms with van der Waals surface area (Å²) in [7, 11) is 3.17. The second-order valence-corrected chi connectivity index (χ2v) is 6.40. The fraction of sp³-hybridized carbons (Fsp3) is 0.143. The van der Waals surface area contributed by atoms with Crippen LogP contribution in [-0.2, 0) is 11.3 Å². The number of ether oxygens (including phenoxy) is 2. The predicted octanol–water partition coefficient (Wildman–Crippen LogP) is 3.87. The van der Waals surface area contributed by atoms with Gasteiger partial charge in [-0.2, -0.15) is 5.10 Å². The van der Waals surface area contributed by atoms with E-state index < -0.39 is 0 Å². The van der Waals surface area contributed by atoms with Crippen molar-refractivity contribution in [1.82, 2.24) is 15.1 Å². The van der Waals surface area contributed by atoms with Gasteiger partial charge in [0.25, 0.3) is 0 Å². The molecule has 0 aliphatic rings. The fourth-order valence-corrected chi connectivity index (χ4v) is 2.66. The maximum absolute atomic E-state index is 12.1. The van der Waals surface area contributed by atoms with Gasteiger partial charge in [0.15, 0.2) is 0 Å². The molecule has 7 heteroatoms. The number of hydrogen-bond donors (Lipinski definition) is 1. The molecule has 1 N–H and O–H groups in total. The average Bonchev–Trinajstić information content (AvgIpc) is 3.20. The summed E-state index contributed by atoms with van der Waals surface area (Å²) in [6, 6.07) is 12.8. The molecular formula is C21H20ClN3O3. The van der Waals surface area contributed by atoms with Gasteiger partial charge >= 0.3 is 0 Å². The monoisotopic (exact) mass is 397 g/mol. The normalized spacial score (nSPS) is 10.8. The third-order valence-electron chi connectivity index (χ3n) is 3.99. The van der Waals surface area contributed by atoms with E-state index in [2.05, 4.69) is 10.4 Å². The van der Waals surface area contributed by atoms with E-state index in [0.717, 1.165) is 16.8 Å². The molecule has 0 unspecified atom stereocenters. The second-order valence-electron chi connectivity index (χ2n) is 5.97. The highest BCUT2D eigenvalue weighted by atomic mass is 35.5. The van der Waals surface area contributed by atoms with Crippen LogP contribution in [0.4, 0.5) is 0 Å². The van der Waals surface area contributed by atoms with Gasteiger partial charge in [-0.05, 0) is 48.0 Å². The molecule has 0 radical (unpaired) electrons. The van der Waals surface area contributed by atoms with Gasteiger partial charge in [-0.15, -0.1) is 0 Å². The second kappa shape index (κ2) is 9.10. The minimum absolute atomic E-state index is 0.207. The van der Waals surface area contributed by atoms with Crippen LogP contribution in [0.3, 0.4) is 0 Å². The molecule has 6 nitrogen and oxygen atoms in total. The van der Waals surface area contributed by atoms with Crippen molar-refractivity contribution in [3.63, 3.8) is 0 Å². The van der Waals surface area contributed by atoms with E-state index in [1.54, 1.807) is 49.4 Å². The van der Waals surface area contributed by atoms with E-state index in [4.69, 9.17) is 21.1 Å². The fourth-order valence-electron chi connectivity index (χ4n) is 2.53. The number of nitrogens with zero attached hydrogens (tertiary/aromatic N) is 2. The molecule has 0 bridgehead atoms. The summed E-state index contributed by atoms with van der Waals surface area (Å²) >= 11 is 5.90. The van der Waals surface area contributed by atoms with Crippen molar-refractivity contribution in [1.29, 1.82) is 0 Å². The van der Waals surface area contributed by atoms with E-state index in [0.29, 0.717) is 23.1 Å². The first-order valence-electron chi connectivity index (χ1n) is 8.56. The van der Waals surface area contributed by atoms with Gasteiger partial charge in [0, 0.05) is 35.5 Å². The van der Waals surface area contributed by atoms with Gasteiger partial charge in [-0.25, -0.2) is 4.68 Å². The summed E-state index contributed by atoms with van der Waals surface area (Å²) in [4.78, 5) is 12.1. The molecule has 144 valence electrons. The number of carbonyl (C=O) groups is 1. The topological polar surface area (TPSA) is 65.4 Å². The maximum Gasteiger partial charge on any atom is 0.244 e. The Balaban J connectivity index is 1.59. The summed E-state index contributed by atoms with van der Waals surface area (Å²) < 4.78 is 12.2. The third kappa shape index (κ3) is 5.14. The summed E-state index contributed by atoms with van der Waals surface area (Å²) in [5, 5.41) is 7.81. The lowest BCUT2D eigenvalue weighted by molar-refractivity contribution is -0.116. The standard InChI is InChI=1S/C21H20ClN3O3/c1-27-19-9-15(10-20(11-19)28-2)3-8-21(26)23-12-16-13-24-25(14-16)18-6-4-17(22)5-7-18/h3-11,13-14H,12H2,1-2H3,(H,23,26)/b8-3+. The Bertz CT molecular complexity index is 959. The van der Waals surface area contributed by atoms with Crippen LogP contribution in [0, 0.1) is 0 Å². The first-order chi connectivity index (χ1) is 13.6. The van der Waals surface area contributed by atoms with Crippen molar-refractivity contribution in [2.75, 3.05) is 14.2 Å². The van der Waals surface area contributed by atoms with Gasteiger partial charge in [-0.1, -0.05) is 11.6 Å². The van der Waals surface area contributed by atoms with Gasteiger partial charge in [-0.3, -0.25) is 4.79 Å². The van der Waals surface area contributed by atoms with Gasteiger partial charge < -0.3 is 14.8 Å². The Hall–Kier alpha value is -3.25. The maximum atomic E-state index is 12.1. The first kappa shape index (κ1) is 19.5. The Morgan fingerprint density at radius 2 is 1.82 bits per heavy atom. The van der Waals surface area contributed by atoms with E-state index >= 15 is 0 Å². The van der Waals surface area contributed by atoms with Crippen molar-refractivity contribution in [2.45, 2.75) is 6.54 Å². The van der Waals surface area contributed by atoms with Crippen molar-refractivity contribution in [2.24, 2.45) is 0 Å². The van der Waals surface area contributed by atoms with Crippen LogP contribution in [-0.4, -0.2) is 29.9 Å². The van der Waals surface area contributed by atoms with Crippen LogP contribution in [0.5, 0.6) is 11.5 Å². The van der Waals surface area contributed by atoms with Crippen LogP contribution in [0.15, 0.2) is 60.9 Å². The molecule has 28 heavy (non-hydrogen) atoms. The smallest absolute Gasteiger partial charge is 0.244 e. The van der Waals surface area contributed by atoms with Crippen molar-refractivity contribution >= 4 is 23.6 Å². The minimum Gasteiger partial charge on any atom is -0.497 e. The van der Waals surface area contributed by atoms with Crippen molar-refractivity contribution in [3.8, 4) is 17.2 Å². The lowest BCUT2D eigenvalue weighted by Gasteiger charge is -2.05. The zero-order valence-electron chi connectivity index (χ0n) is 15.6. The predicted molar refractivity (Wildman–Crippen MR) is 109 cm³/mol. The molecule has 1 aromatic heterocycles. The van der Waals surface area contributed by atoms with Gasteiger partial charge in [0.1, 0.15) is 11.5 Å². The molecule has 0 aliphatic heterocycles. The van der Waals surface area contributed by atoms with Gasteiger partial charge in [0.05, 0.1) is 26.1 Å². The van der Waals surface area contributed by atoms with Crippen LogP contribution >= 0.6 is 11.6 Å². The number of benzene rings is 2. The highest BCUT2D eigenvalue weighted by Crippen LogP contribution is 2.23. The molecule has 3 rings (SSSR count). The summed E-state index contributed by atoms with van der Waals surface area (Å²) in [5.74, 6) is 1.11. The van der Waals surface area contributed by atoms with E-state index in [1.807, 2.05) is 30.5 Å². The van der Waals surface area contributed by atoms with E-state index in [-0.39, 0.29) is 5.91 Å². The molecule has 0 saturated carbocycles. The first-order valence-corrected chi connectivity index (χ1v) is 8.93. The van der Waals surface area contributed by atoms with Crippen LogP contribution in [0.2, 0.25) is 5.02 Å². The number of methoxy groups -OCH3 is 2. The molecule has 0 atom stereocenters. The molecule has 1 amide bonds. The highest BCUT2D eigenvalue weighted by molar-refractivity contribution is 6.30. The molecule has 0 aliphatic carbocycles.